The number of hydrogen-bond acceptors (Lipinski definition) is 3. The zero-order chi connectivity index (χ0) is 12.9. The molecule has 0 aromatic heterocycles. The van der Waals surface area contributed by atoms with E-state index in [1.54, 1.807) is 7.11 Å². The van der Waals surface area contributed by atoms with Crippen molar-refractivity contribution in [1.29, 1.82) is 0 Å². The number of rotatable bonds is 6. The van der Waals surface area contributed by atoms with Crippen LogP contribution in [0.1, 0.15) is 26.3 Å². The molecule has 1 atom stereocenters. The Morgan fingerprint density at radius 1 is 1.18 bits per heavy atom. The van der Waals surface area contributed by atoms with E-state index in [9.17, 15) is 5.11 Å². The largest absolute Gasteiger partial charge is 0.384 e. The first-order valence-corrected chi connectivity index (χ1v) is 5.89. The number of nitrogens with one attached hydrogen (secondary N) is 1. The van der Waals surface area contributed by atoms with Gasteiger partial charge in [-0.15, -0.1) is 0 Å². The first-order valence-electron chi connectivity index (χ1n) is 5.89. The Hall–Kier alpha value is -0.900. The second kappa shape index (κ2) is 5.63. The molecule has 1 rings (SSSR count). The third kappa shape index (κ3) is 4.46. The van der Waals surface area contributed by atoms with Crippen LogP contribution in [0.25, 0.3) is 0 Å². The monoisotopic (exact) mass is 237 g/mol. The van der Waals surface area contributed by atoms with Gasteiger partial charge in [-0.3, -0.25) is 0 Å². The van der Waals surface area contributed by atoms with Crippen molar-refractivity contribution in [3.05, 3.63) is 35.9 Å². The molecule has 0 aliphatic carbocycles. The second-order valence-electron chi connectivity index (χ2n) is 5.31. The molecule has 0 aliphatic heterocycles. The highest BCUT2D eigenvalue weighted by Gasteiger charge is 2.26. The molecular weight excluding hydrogens is 214 g/mol. The summed E-state index contributed by atoms with van der Waals surface area (Å²) in [7, 11) is 1.68. The van der Waals surface area contributed by atoms with Crippen LogP contribution in [-0.2, 0) is 10.3 Å². The van der Waals surface area contributed by atoms with E-state index in [0.29, 0.717) is 13.2 Å². The van der Waals surface area contributed by atoms with Crippen molar-refractivity contribution in [2.24, 2.45) is 0 Å². The number of benzene rings is 1. The molecular formula is C14H23NO2. The van der Waals surface area contributed by atoms with Gasteiger partial charge in [-0.2, -0.15) is 0 Å². The smallest absolute Gasteiger partial charge is 0.0992 e. The first kappa shape index (κ1) is 14.2. The fourth-order valence-electron chi connectivity index (χ4n) is 1.72. The molecule has 0 amide bonds. The Labute approximate surface area is 104 Å². The quantitative estimate of drug-likeness (QED) is 0.794. The lowest BCUT2D eigenvalue weighted by Gasteiger charge is -2.31. The molecule has 0 heterocycles. The second-order valence-corrected chi connectivity index (χ2v) is 5.31. The van der Waals surface area contributed by atoms with Gasteiger partial charge < -0.3 is 15.2 Å². The van der Waals surface area contributed by atoms with Gasteiger partial charge in [0.1, 0.15) is 0 Å². The van der Waals surface area contributed by atoms with Crippen molar-refractivity contribution in [2.75, 3.05) is 20.3 Å². The van der Waals surface area contributed by atoms with Crippen LogP contribution >= 0.6 is 0 Å². The number of ether oxygens (including phenoxy) is 1. The van der Waals surface area contributed by atoms with Crippen molar-refractivity contribution < 1.29 is 9.84 Å². The number of aliphatic hydroxyl groups is 1. The third-order valence-corrected chi connectivity index (χ3v) is 2.81. The standard InChI is InChI=1S/C14H23NO2/c1-13(2,11-17-4)15-10-14(3,16)12-8-6-5-7-9-12/h5-9,15-16H,10-11H2,1-4H3. The molecule has 3 heteroatoms. The number of β-amino-alcohol motifs (C(OH)–C–C–N with tert-alkyl or cyclic N) is 1. The van der Waals surface area contributed by atoms with E-state index in [0.717, 1.165) is 5.56 Å². The summed E-state index contributed by atoms with van der Waals surface area (Å²) in [5.41, 5.74) is -0.0968. The molecule has 17 heavy (non-hydrogen) atoms. The highest BCUT2D eigenvalue weighted by Crippen LogP contribution is 2.20. The van der Waals surface area contributed by atoms with E-state index in [2.05, 4.69) is 19.2 Å². The predicted octanol–water partition coefficient (Wildman–Crippen LogP) is 1.91. The van der Waals surface area contributed by atoms with Crippen LogP contribution in [0.3, 0.4) is 0 Å². The van der Waals surface area contributed by atoms with E-state index in [4.69, 9.17) is 4.74 Å². The number of methoxy groups -OCH3 is 1. The fraction of sp³-hybridized carbons (Fsp3) is 0.571. The number of hydrogen-bond donors (Lipinski definition) is 2. The molecule has 0 fully saturated rings. The molecule has 1 aromatic rings. The van der Waals surface area contributed by atoms with Gasteiger partial charge in [-0.25, -0.2) is 0 Å². The first-order chi connectivity index (χ1) is 7.87. The normalized spacial score (nSPS) is 15.6. The topological polar surface area (TPSA) is 41.5 Å². The van der Waals surface area contributed by atoms with Crippen LogP contribution in [0.2, 0.25) is 0 Å². The maximum absolute atomic E-state index is 10.4. The maximum atomic E-state index is 10.4. The van der Waals surface area contributed by atoms with Crippen molar-refractivity contribution in [3.63, 3.8) is 0 Å². The predicted molar refractivity (Wildman–Crippen MR) is 70.0 cm³/mol. The lowest BCUT2D eigenvalue weighted by molar-refractivity contribution is 0.0391. The van der Waals surface area contributed by atoms with Gasteiger partial charge in [0.05, 0.1) is 12.2 Å². The summed E-state index contributed by atoms with van der Waals surface area (Å²) < 4.78 is 5.13. The molecule has 0 radical (unpaired) electrons. The SMILES string of the molecule is COCC(C)(C)NCC(C)(O)c1ccccc1. The minimum Gasteiger partial charge on any atom is -0.384 e. The lowest BCUT2D eigenvalue weighted by Crippen LogP contribution is -2.49. The molecule has 2 N–H and O–H groups in total. The average Bonchev–Trinajstić information content (AvgIpc) is 2.28. The van der Waals surface area contributed by atoms with E-state index >= 15 is 0 Å². The van der Waals surface area contributed by atoms with Crippen molar-refractivity contribution in [1.82, 2.24) is 5.32 Å². The summed E-state index contributed by atoms with van der Waals surface area (Å²) in [5.74, 6) is 0. The van der Waals surface area contributed by atoms with Crippen LogP contribution in [-0.4, -0.2) is 30.9 Å². The van der Waals surface area contributed by atoms with Crippen LogP contribution in [0, 0.1) is 0 Å². The lowest BCUT2D eigenvalue weighted by atomic mass is 9.94. The van der Waals surface area contributed by atoms with Gasteiger partial charge in [0, 0.05) is 19.2 Å². The van der Waals surface area contributed by atoms with E-state index in [-0.39, 0.29) is 5.54 Å². The molecule has 1 unspecified atom stereocenters. The Bertz CT molecular complexity index is 333. The summed E-state index contributed by atoms with van der Waals surface area (Å²) in [5, 5.41) is 13.7. The fourth-order valence-corrected chi connectivity index (χ4v) is 1.72. The van der Waals surface area contributed by atoms with Gasteiger partial charge in [0.15, 0.2) is 0 Å². The highest BCUT2D eigenvalue weighted by molar-refractivity contribution is 5.21. The molecule has 0 bridgehead atoms. The van der Waals surface area contributed by atoms with Crippen LogP contribution in [0.5, 0.6) is 0 Å². The Morgan fingerprint density at radius 2 is 1.76 bits per heavy atom. The van der Waals surface area contributed by atoms with Gasteiger partial charge in [-0.1, -0.05) is 30.3 Å². The molecule has 3 nitrogen and oxygen atoms in total. The van der Waals surface area contributed by atoms with Crippen LogP contribution in [0.4, 0.5) is 0 Å². The van der Waals surface area contributed by atoms with E-state index < -0.39 is 5.60 Å². The van der Waals surface area contributed by atoms with E-state index in [1.165, 1.54) is 0 Å². The van der Waals surface area contributed by atoms with Gasteiger partial charge in [0.2, 0.25) is 0 Å². The van der Waals surface area contributed by atoms with Crippen molar-refractivity contribution >= 4 is 0 Å². The summed E-state index contributed by atoms with van der Waals surface area (Å²) in [6, 6.07) is 9.69. The summed E-state index contributed by atoms with van der Waals surface area (Å²) in [6.07, 6.45) is 0. The van der Waals surface area contributed by atoms with Gasteiger partial charge >= 0.3 is 0 Å². The van der Waals surface area contributed by atoms with E-state index in [1.807, 2.05) is 37.3 Å². The third-order valence-electron chi connectivity index (χ3n) is 2.81. The minimum absolute atomic E-state index is 0.145. The highest BCUT2D eigenvalue weighted by atomic mass is 16.5. The zero-order valence-corrected chi connectivity index (χ0v) is 11.2. The van der Waals surface area contributed by atoms with Crippen LogP contribution < -0.4 is 5.32 Å². The molecule has 0 aliphatic rings. The summed E-state index contributed by atoms with van der Waals surface area (Å²) in [4.78, 5) is 0. The zero-order valence-electron chi connectivity index (χ0n) is 11.2. The Morgan fingerprint density at radius 3 is 2.29 bits per heavy atom. The van der Waals surface area contributed by atoms with Crippen LogP contribution in [0.15, 0.2) is 30.3 Å². The van der Waals surface area contributed by atoms with Crippen molar-refractivity contribution in [2.45, 2.75) is 31.9 Å². The minimum atomic E-state index is -0.869. The molecule has 0 saturated heterocycles. The van der Waals surface area contributed by atoms with Gasteiger partial charge in [-0.05, 0) is 26.3 Å². The molecule has 1 aromatic carbocycles. The maximum Gasteiger partial charge on any atom is 0.0992 e. The van der Waals surface area contributed by atoms with Gasteiger partial charge in [0.25, 0.3) is 0 Å². The summed E-state index contributed by atoms with van der Waals surface area (Å²) >= 11 is 0. The van der Waals surface area contributed by atoms with Crippen molar-refractivity contribution in [3.8, 4) is 0 Å². The summed E-state index contributed by atoms with van der Waals surface area (Å²) in [6.45, 7) is 7.03. The molecule has 0 spiro atoms. The Balaban J connectivity index is 2.62. The average molecular weight is 237 g/mol. The molecule has 0 saturated carbocycles. The molecule has 96 valence electrons. The Kier molecular flexibility index (Phi) is 4.69.